The first-order valence-electron chi connectivity index (χ1n) is 6.17. The van der Waals surface area contributed by atoms with Crippen LogP contribution in [0.5, 0.6) is 11.5 Å². The third-order valence-electron chi connectivity index (χ3n) is 2.60. The summed E-state index contributed by atoms with van der Waals surface area (Å²) >= 11 is 0. The van der Waals surface area contributed by atoms with Gasteiger partial charge in [-0.1, -0.05) is 6.07 Å². The van der Waals surface area contributed by atoms with Gasteiger partial charge in [0, 0.05) is 6.54 Å². The van der Waals surface area contributed by atoms with Crippen molar-refractivity contribution in [1.29, 1.82) is 0 Å². The first kappa shape index (κ1) is 15.3. The molecule has 1 aromatic rings. The van der Waals surface area contributed by atoms with E-state index in [9.17, 15) is 4.79 Å². The van der Waals surface area contributed by atoms with Crippen LogP contribution in [0.4, 0.5) is 0 Å². The fourth-order valence-corrected chi connectivity index (χ4v) is 1.54. The first-order chi connectivity index (χ1) is 8.94. The molecule has 1 aromatic carbocycles. The topological polar surface area (TPSA) is 70.8 Å². The summed E-state index contributed by atoms with van der Waals surface area (Å²) < 4.78 is 15.9. The van der Waals surface area contributed by atoms with Gasteiger partial charge in [-0.05, 0) is 38.5 Å². The maximum absolute atomic E-state index is 11.8. The smallest absolute Gasteiger partial charge is 0.349 e. The van der Waals surface area contributed by atoms with E-state index in [1.54, 1.807) is 40.0 Å². The van der Waals surface area contributed by atoms with E-state index < -0.39 is 11.6 Å². The lowest BCUT2D eigenvalue weighted by atomic mass is 10.1. The van der Waals surface area contributed by atoms with Gasteiger partial charge in [-0.2, -0.15) is 0 Å². The molecule has 1 rings (SSSR count). The lowest BCUT2D eigenvalue weighted by Gasteiger charge is -2.25. The lowest BCUT2D eigenvalue weighted by molar-refractivity contribution is -0.158. The Morgan fingerprint density at radius 3 is 2.53 bits per heavy atom. The second kappa shape index (κ2) is 6.43. The summed E-state index contributed by atoms with van der Waals surface area (Å²) in [6, 6.07) is 5.36. The van der Waals surface area contributed by atoms with Crippen LogP contribution in [0.25, 0.3) is 0 Å². The zero-order chi connectivity index (χ0) is 14.5. The predicted molar refractivity (Wildman–Crippen MR) is 72.2 cm³/mol. The third kappa shape index (κ3) is 3.86. The second-order valence-corrected chi connectivity index (χ2v) is 4.52. The minimum atomic E-state index is -1.08. The molecule has 0 amide bonds. The first-order valence-corrected chi connectivity index (χ1v) is 6.17. The number of nitrogens with two attached hydrogens (primary N) is 1. The van der Waals surface area contributed by atoms with Crippen LogP contribution in [0.2, 0.25) is 0 Å². The number of hydrogen-bond acceptors (Lipinski definition) is 5. The van der Waals surface area contributed by atoms with Gasteiger partial charge in [-0.3, -0.25) is 0 Å². The van der Waals surface area contributed by atoms with Crippen molar-refractivity contribution < 1.29 is 19.0 Å². The largest absolute Gasteiger partial charge is 0.493 e. The summed E-state index contributed by atoms with van der Waals surface area (Å²) in [5, 5.41) is 0. The Kier molecular flexibility index (Phi) is 5.18. The van der Waals surface area contributed by atoms with Crippen molar-refractivity contribution >= 4 is 5.97 Å². The molecule has 0 fully saturated rings. The molecule has 19 heavy (non-hydrogen) atoms. The predicted octanol–water partition coefficient (Wildman–Crippen LogP) is 1.87. The van der Waals surface area contributed by atoms with Crippen LogP contribution >= 0.6 is 0 Å². The molecule has 0 heterocycles. The van der Waals surface area contributed by atoms with Crippen LogP contribution in [0.3, 0.4) is 0 Å². The van der Waals surface area contributed by atoms with Gasteiger partial charge in [0.2, 0.25) is 0 Å². The highest BCUT2D eigenvalue weighted by atomic mass is 16.6. The molecule has 0 radical (unpaired) electrons. The van der Waals surface area contributed by atoms with Gasteiger partial charge >= 0.3 is 5.97 Å². The zero-order valence-corrected chi connectivity index (χ0v) is 11.9. The Morgan fingerprint density at radius 1 is 1.32 bits per heavy atom. The van der Waals surface area contributed by atoms with Gasteiger partial charge < -0.3 is 19.9 Å². The summed E-state index contributed by atoms with van der Waals surface area (Å²) in [7, 11) is 1.54. The molecular weight excluding hydrogens is 246 g/mol. The van der Waals surface area contributed by atoms with Crippen molar-refractivity contribution in [3.05, 3.63) is 23.8 Å². The Hall–Kier alpha value is -1.75. The number of carbonyl (C=O) groups excluding carboxylic acids is 1. The van der Waals surface area contributed by atoms with Gasteiger partial charge in [0.1, 0.15) is 0 Å². The molecule has 0 atom stereocenters. The van der Waals surface area contributed by atoms with Crippen molar-refractivity contribution in [1.82, 2.24) is 0 Å². The zero-order valence-electron chi connectivity index (χ0n) is 11.9. The number of methoxy groups -OCH3 is 1. The van der Waals surface area contributed by atoms with E-state index in [4.69, 9.17) is 19.9 Å². The van der Waals surface area contributed by atoms with Crippen molar-refractivity contribution in [2.45, 2.75) is 32.9 Å². The summed E-state index contributed by atoms with van der Waals surface area (Å²) in [5.41, 5.74) is 5.42. The van der Waals surface area contributed by atoms with Crippen LogP contribution < -0.4 is 15.2 Å². The van der Waals surface area contributed by atoms with Crippen molar-refractivity contribution in [2.24, 2.45) is 5.73 Å². The molecule has 5 heteroatoms. The Morgan fingerprint density at radius 2 is 2.00 bits per heavy atom. The summed E-state index contributed by atoms with van der Waals surface area (Å²) in [5.74, 6) is 0.609. The van der Waals surface area contributed by atoms with Crippen LogP contribution in [-0.2, 0) is 16.1 Å². The Balaban J connectivity index is 2.95. The number of esters is 1. The maximum Gasteiger partial charge on any atom is 0.349 e. The van der Waals surface area contributed by atoms with Gasteiger partial charge in [0.05, 0.1) is 13.7 Å². The molecule has 5 nitrogen and oxygen atoms in total. The molecule has 0 aliphatic carbocycles. The number of hydrogen-bond donors (Lipinski definition) is 1. The van der Waals surface area contributed by atoms with Gasteiger partial charge in [-0.15, -0.1) is 0 Å². The molecule has 0 aliphatic heterocycles. The summed E-state index contributed by atoms with van der Waals surface area (Å²) in [6.07, 6.45) is 0. The molecular formula is C14H21NO4. The monoisotopic (exact) mass is 267 g/mol. The summed E-state index contributed by atoms with van der Waals surface area (Å²) in [4.78, 5) is 11.8. The van der Waals surface area contributed by atoms with Crippen LogP contribution in [0.1, 0.15) is 26.3 Å². The highest BCUT2D eigenvalue weighted by Crippen LogP contribution is 2.31. The van der Waals surface area contributed by atoms with Crippen LogP contribution in [-0.4, -0.2) is 25.3 Å². The van der Waals surface area contributed by atoms with Crippen molar-refractivity contribution in [3.63, 3.8) is 0 Å². The molecule has 0 aliphatic rings. The molecule has 0 aromatic heterocycles. The van der Waals surface area contributed by atoms with E-state index in [2.05, 4.69) is 0 Å². The Labute approximate surface area is 113 Å². The van der Waals surface area contributed by atoms with Gasteiger partial charge in [0.25, 0.3) is 0 Å². The SMILES string of the molecule is CCOC(=O)C(C)(C)Oc1ccc(CN)cc1OC. The van der Waals surface area contributed by atoms with E-state index >= 15 is 0 Å². The normalized spacial score (nSPS) is 11.0. The van der Waals surface area contributed by atoms with Crippen LogP contribution in [0.15, 0.2) is 18.2 Å². The van der Waals surface area contributed by atoms with E-state index in [1.165, 1.54) is 0 Å². The Bertz CT molecular complexity index is 443. The third-order valence-corrected chi connectivity index (χ3v) is 2.60. The minimum Gasteiger partial charge on any atom is -0.493 e. The summed E-state index contributed by atoms with van der Waals surface area (Å²) in [6.45, 7) is 5.79. The number of benzene rings is 1. The van der Waals surface area contributed by atoms with E-state index in [0.29, 0.717) is 24.7 Å². The second-order valence-electron chi connectivity index (χ2n) is 4.52. The highest BCUT2D eigenvalue weighted by molar-refractivity contribution is 5.79. The molecule has 0 unspecified atom stereocenters. The average Bonchev–Trinajstić information content (AvgIpc) is 2.39. The van der Waals surface area contributed by atoms with Crippen molar-refractivity contribution in [2.75, 3.05) is 13.7 Å². The number of ether oxygens (including phenoxy) is 3. The molecule has 0 spiro atoms. The van der Waals surface area contributed by atoms with Crippen molar-refractivity contribution in [3.8, 4) is 11.5 Å². The average molecular weight is 267 g/mol. The lowest BCUT2D eigenvalue weighted by Crippen LogP contribution is -2.39. The maximum atomic E-state index is 11.8. The quantitative estimate of drug-likeness (QED) is 0.797. The van der Waals surface area contributed by atoms with Crippen LogP contribution in [0, 0.1) is 0 Å². The molecule has 0 saturated carbocycles. The fourth-order valence-electron chi connectivity index (χ4n) is 1.54. The van der Waals surface area contributed by atoms with E-state index in [0.717, 1.165) is 5.56 Å². The minimum absolute atomic E-state index is 0.314. The standard InChI is InChI=1S/C14H21NO4/c1-5-18-13(16)14(2,3)19-11-7-6-10(9-15)8-12(11)17-4/h6-8H,5,9,15H2,1-4H3. The van der Waals surface area contributed by atoms with Gasteiger partial charge in [0.15, 0.2) is 17.1 Å². The number of carbonyl (C=O) groups is 1. The molecule has 2 N–H and O–H groups in total. The highest BCUT2D eigenvalue weighted by Gasteiger charge is 2.32. The fraction of sp³-hybridized carbons (Fsp3) is 0.500. The number of rotatable bonds is 6. The van der Waals surface area contributed by atoms with E-state index in [-0.39, 0.29) is 0 Å². The molecule has 106 valence electrons. The molecule has 0 bridgehead atoms. The van der Waals surface area contributed by atoms with E-state index in [1.807, 2.05) is 6.07 Å². The van der Waals surface area contributed by atoms with Gasteiger partial charge in [-0.25, -0.2) is 4.79 Å². The molecule has 0 saturated heterocycles.